The Labute approximate surface area is 191 Å². The second-order valence-electron chi connectivity index (χ2n) is 7.93. The van der Waals surface area contributed by atoms with E-state index in [1.165, 1.54) is 23.9 Å². The van der Waals surface area contributed by atoms with Crippen LogP contribution in [0.25, 0.3) is 11.1 Å². The Bertz CT molecular complexity index is 1390. The van der Waals surface area contributed by atoms with E-state index in [1.54, 1.807) is 25.1 Å². The van der Waals surface area contributed by atoms with E-state index in [-0.39, 0.29) is 41.1 Å². The van der Waals surface area contributed by atoms with Gasteiger partial charge in [-0.3, -0.25) is 14.3 Å². The lowest BCUT2D eigenvalue weighted by molar-refractivity contribution is -0.116. The van der Waals surface area contributed by atoms with Crippen molar-refractivity contribution in [2.24, 2.45) is 0 Å². The fraction of sp³-hybridized carbons (Fsp3) is 0.261. The summed E-state index contributed by atoms with van der Waals surface area (Å²) in [5, 5.41) is 7.00. The average molecular weight is 469 g/mol. The molecule has 172 valence electrons. The lowest BCUT2D eigenvalue weighted by Crippen LogP contribution is -2.15. The topological polar surface area (TPSA) is 119 Å². The van der Waals surface area contributed by atoms with E-state index in [9.17, 15) is 18.0 Å². The zero-order valence-electron chi connectivity index (χ0n) is 18.7. The molecule has 9 nitrogen and oxygen atoms in total. The first-order valence-electron chi connectivity index (χ1n) is 10.3. The summed E-state index contributed by atoms with van der Waals surface area (Å²) in [5.41, 5.74) is 3.87. The molecule has 3 aromatic rings. The number of benzene rings is 2. The van der Waals surface area contributed by atoms with Crippen molar-refractivity contribution in [3.63, 3.8) is 0 Å². The third-order valence-electron chi connectivity index (χ3n) is 5.62. The van der Waals surface area contributed by atoms with Gasteiger partial charge in [0.15, 0.2) is 0 Å². The smallest absolute Gasteiger partial charge is 0.265 e. The summed E-state index contributed by atoms with van der Waals surface area (Å²) in [6, 6.07) is 9.94. The van der Waals surface area contributed by atoms with Crippen LogP contribution >= 0.6 is 0 Å². The summed E-state index contributed by atoms with van der Waals surface area (Å²) in [6.07, 6.45) is 0.102. The molecule has 1 aliphatic rings. The molecule has 1 aromatic heterocycles. The fourth-order valence-electron chi connectivity index (χ4n) is 3.75. The number of methoxy groups -OCH3 is 1. The Balaban J connectivity index is 1.82. The lowest BCUT2D eigenvalue weighted by Gasteiger charge is -2.14. The first kappa shape index (κ1) is 22.5. The minimum atomic E-state index is -4.02. The Hall–Kier alpha value is -3.66. The molecule has 0 aliphatic carbocycles. The zero-order valence-corrected chi connectivity index (χ0v) is 19.5. The van der Waals surface area contributed by atoms with Crippen LogP contribution < -0.4 is 14.8 Å². The van der Waals surface area contributed by atoms with Gasteiger partial charge in [-0.05, 0) is 61.7 Å². The van der Waals surface area contributed by atoms with Gasteiger partial charge in [-0.1, -0.05) is 12.1 Å². The van der Waals surface area contributed by atoms with Gasteiger partial charge >= 0.3 is 0 Å². The number of nitrogens with one attached hydrogen (secondary N) is 2. The number of fused-ring (bicyclic) bond motifs is 1. The van der Waals surface area contributed by atoms with Crippen molar-refractivity contribution in [1.82, 2.24) is 9.78 Å². The van der Waals surface area contributed by atoms with Crippen molar-refractivity contribution >= 4 is 33.3 Å². The molecule has 2 heterocycles. The van der Waals surface area contributed by atoms with Crippen molar-refractivity contribution in [3.05, 3.63) is 53.2 Å². The molecule has 0 spiro atoms. The van der Waals surface area contributed by atoms with Crippen LogP contribution in [0.1, 0.15) is 34.5 Å². The van der Waals surface area contributed by atoms with Gasteiger partial charge in [-0.25, -0.2) is 8.42 Å². The number of hydrogen-bond acceptors (Lipinski definition) is 6. The Morgan fingerprint density at radius 3 is 2.48 bits per heavy atom. The molecular weight excluding hydrogens is 444 g/mol. The molecule has 4 rings (SSSR count). The standard InChI is InChI=1S/C23H24N4O5S/c1-13-5-7-17(11-14(13)2)26-33(30,31)19-12-16(6-8-18(19)32-4)22-15(3)25-27-21(29)10-9-20(28)24-23(22)27/h5-8,11-12,26H,9-10H2,1-4H3,(H,24,28). The Morgan fingerprint density at radius 1 is 1.03 bits per heavy atom. The van der Waals surface area contributed by atoms with Crippen LogP contribution in [0.2, 0.25) is 0 Å². The van der Waals surface area contributed by atoms with Gasteiger partial charge in [0.1, 0.15) is 16.5 Å². The summed E-state index contributed by atoms with van der Waals surface area (Å²) in [5.74, 6) is -0.224. The molecule has 0 saturated carbocycles. The summed E-state index contributed by atoms with van der Waals surface area (Å²) in [6.45, 7) is 5.54. The molecule has 2 N–H and O–H groups in total. The van der Waals surface area contributed by atoms with Gasteiger partial charge < -0.3 is 10.1 Å². The van der Waals surface area contributed by atoms with Crippen LogP contribution in [0, 0.1) is 20.8 Å². The maximum Gasteiger partial charge on any atom is 0.265 e. The molecule has 1 aliphatic heterocycles. The predicted molar refractivity (Wildman–Crippen MR) is 124 cm³/mol. The monoisotopic (exact) mass is 468 g/mol. The summed E-state index contributed by atoms with van der Waals surface area (Å²) in [7, 11) is -2.63. The quantitative estimate of drug-likeness (QED) is 0.590. The molecule has 2 aromatic carbocycles. The van der Waals surface area contributed by atoms with Gasteiger partial charge in [-0.15, -0.1) is 0 Å². The van der Waals surface area contributed by atoms with Gasteiger partial charge in [0.25, 0.3) is 10.0 Å². The van der Waals surface area contributed by atoms with Crippen LogP contribution in [0.4, 0.5) is 11.5 Å². The summed E-state index contributed by atoms with van der Waals surface area (Å²) in [4.78, 5) is 24.5. The van der Waals surface area contributed by atoms with E-state index < -0.39 is 10.0 Å². The first-order valence-corrected chi connectivity index (χ1v) is 11.8. The minimum absolute atomic E-state index is 0.0432. The number of anilines is 2. The molecule has 0 fully saturated rings. The summed E-state index contributed by atoms with van der Waals surface area (Å²) >= 11 is 0. The van der Waals surface area contributed by atoms with Crippen LogP contribution in [-0.2, 0) is 14.8 Å². The fourth-order valence-corrected chi connectivity index (χ4v) is 4.99. The minimum Gasteiger partial charge on any atom is -0.495 e. The maximum atomic E-state index is 13.3. The third-order valence-corrected chi connectivity index (χ3v) is 7.02. The number of carbonyl (C=O) groups is 2. The number of ether oxygens (including phenoxy) is 1. The highest BCUT2D eigenvalue weighted by molar-refractivity contribution is 7.92. The lowest BCUT2D eigenvalue weighted by atomic mass is 10.1. The largest absolute Gasteiger partial charge is 0.495 e. The number of aryl methyl sites for hydroxylation is 3. The predicted octanol–water partition coefficient (Wildman–Crippen LogP) is 3.66. The Morgan fingerprint density at radius 2 is 1.79 bits per heavy atom. The van der Waals surface area contributed by atoms with Gasteiger partial charge in [0.05, 0.1) is 12.8 Å². The number of rotatable bonds is 5. The normalized spacial score (nSPS) is 13.8. The number of amides is 1. The number of aromatic nitrogens is 2. The molecule has 10 heteroatoms. The van der Waals surface area contributed by atoms with E-state index in [1.807, 2.05) is 19.9 Å². The molecule has 0 saturated heterocycles. The van der Waals surface area contributed by atoms with Crippen LogP contribution in [0.3, 0.4) is 0 Å². The Kier molecular flexibility index (Phi) is 5.71. The highest BCUT2D eigenvalue weighted by Gasteiger charge is 2.28. The molecule has 1 amide bonds. The van der Waals surface area contributed by atoms with E-state index in [0.717, 1.165) is 11.1 Å². The number of sulfonamides is 1. The van der Waals surface area contributed by atoms with E-state index >= 15 is 0 Å². The van der Waals surface area contributed by atoms with Crippen molar-refractivity contribution in [2.45, 2.75) is 38.5 Å². The van der Waals surface area contributed by atoms with E-state index in [0.29, 0.717) is 22.5 Å². The highest BCUT2D eigenvalue weighted by Crippen LogP contribution is 2.37. The van der Waals surface area contributed by atoms with Crippen molar-refractivity contribution in [1.29, 1.82) is 0 Å². The molecule has 0 radical (unpaired) electrons. The third kappa shape index (κ3) is 4.21. The van der Waals surface area contributed by atoms with Crippen LogP contribution in [0.5, 0.6) is 5.75 Å². The first-order chi connectivity index (χ1) is 15.6. The molecule has 0 bridgehead atoms. The molecule has 33 heavy (non-hydrogen) atoms. The number of carbonyl (C=O) groups excluding carboxylic acids is 2. The second-order valence-corrected chi connectivity index (χ2v) is 9.58. The summed E-state index contributed by atoms with van der Waals surface area (Å²) < 4.78 is 35.7. The van der Waals surface area contributed by atoms with Gasteiger partial charge in [0.2, 0.25) is 11.8 Å². The number of nitrogens with zero attached hydrogens (tertiary/aromatic N) is 2. The van der Waals surface area contributed by atoms with E-state index in [4.69, 9.17) is 4.74 Å². The zero-order chi connectivity index (χ0) is 23.9. The van der Waals surface area contributed by atoms with Crippen LogP contribution in [0.15, 0.2) is 41.3 Å². The second kappa shape index (κ2) is 8.36. The molecule has 0 unspecified atom stereocenters. The average Bonchev–Trinajstić information content (AvgIpc) is 3.02. The van der Waals surface area contributed by atoms with Crippen molar-refractivity contribution < 1.29 is 22.7 Å². The highest BCUT2D eigenvalue weighted by atomic mass is 32.2. The molecule has 0 atom stereocenters. The van der Waals surface area contributed by atoms with Crippen molar-refractivity contribution in [3.8, 4) is 16.9 Å². The van der Waals surface area contributed by atoms with Gasteiger partial charge in [-0.2, -0.15) is 9.78 Å². The molecular formula is C23H24N4O5S. The SMILES string of the molecule is COc1ccc(-c2c(C)nn3c2NC(=O)CCC3=O)cc1S(=O)(=O)Nc1ccc(C)c(C)c1. The van der Waals surface area contributed by atoms with E-state index in [2.05, 4.69) is 15.1 Å². The van der Waals surface area contributed by atoms with Gasteiger partial charge in [0, 0.05) is 24.1 Å². The van der Waals surface area contributed by atoms with Crippen molar-refractivity contribution in [2.75, 3.05) is 17.1 Å². The number of hydrogen-bond donors (Lipinski definition) is 2. The van der Waals surface area contributed by atoms with Crippen LogP contribution in [-0.4, -0.2) is 37.1 Å². The maximum absolute atomic E-state index is 13.3.